The molecule has 198 valence electrons. The maximum atomic E-state index is 11.9. The van der Waals surface area contributed by atoms with Crippen LogP contribution in [0.15, 0.2) is 0 Å². The largest absolute Gasteiger partial charge is 0.449 e. The lowest BCUT2D eigenvalue weighted by Gasteiger charge is -2.18. The van der Waals surface area contributed by atoms with Gasteiger partial charge in [-0.25, -0.2) is 4.79 Å². The Bertz CT molecular complexity index is 405. The van der Waals surface area contributed by atoms with Gasteiger partial charge in [-0.05, 0) is 18.8 Å². The van der Waals surface area contributed by atoms with Crippen LogP contribution in [0.3, 0.4) is 0 Å². The molecule has 0 aliphatic carbocycles. The molecule has 5 heteroatoms. The van der Waals surface area contributed by atoms with Crippen LogP contribution in [-0.2, 0) is 4.74 Å². The topological polar surface area (TPSA) is 78.8 Å². The van der Waals surface area contributed by atoms with E-state index in [1.54, 1.807) is 0 Å². The number of nitrogens with one attached hydrogen (secondary N) is 1. The van der Waals surface area contributed by atoms with Crippen molar-refractivity contribution in [2.24, 2.45) is 5.92 Å². The second kappa shape index (κ2) is 25.8. The number of amides is 1. The molecule has 0 rings (SSSR count). The first-order chi connectivity index (χ1) is 16.1. The van der Waals surface area contributed by atoms with Gasteiger partial charge in [-0.3, -0.25) is 0 Å². The van der Waals surface area contributed by atoms with Crippen molar-refractivity contribution in [1.29, 1.82) is 0 Å². The monoisotopic (exact) mass is 471 g/mol. The molecule has 0 aromatic carbocycles. The number of hydrogen-bond donors (Lipinski definition) is 3. The van der Waals surface area contributed by atoms with Crippen LogP contribution in [0.1, 0.15) is 142 Å². The third-order valence-corrected chi connectivity index (χ3v) is 6.57. The highest BCUT2D eigenvalue weighted by Crippen LogP contribution is 2.20. The highest BCUT2D eigenvalue weighted by atomic mass is 16.5. The van der Waals surface area contributed by atoms with Crippen molar-refractivity contribution in [3.8, 4) is 0 Å². The van der Waals surface area contributed by atoms with Crippen molar-refractivity contribution < 1.29 is 19.7 Å². The van der Waals surface area contributed by atoms with Crippen LogP contribution in [0.4, 0.5) is 4.79 Å². The molecule has 2 atom stereocenters. The van der Waals surface area contributed by atoms with Crippen molar-refractivity contribution >= 4 is 6.09 Å². The minimum atomic E-state index is -0.933. The Morgan fingerprint density at radius 3 is 1.48 bits per heavy atom. The Hall–Kier alpha value is -0.810. The van der Waals surface area contributed by atoms with Crippen molar-refractivity contribution in [3.05, 3.63) is 0 Å². The highest BCUT2D eigenvalue weighted by molar-refractivity contribution is 5.67. The number of aliphatic hydroxyl groups excluding tert-OH is 2. The summed E-state index contributed by atoms with van der Waals surface area (Å²) in [7, 11) is 0. The second-order valence-corrected chi connectivity index (χ2v) is 9.92. The predicted molar refractivity (Wildman–Crippen MR) is 140 cm³/mol. The van der Waals surface area contributed by atoms with Gasteiger partial charge in [-0.15, -0.1) is 0 Å². The van der Waals surface area contributed by atoms with Crippen LogP contribution in [0.2, 0.25) is 0 Å². The molecular formula is C28H57NO4. The summed E-state index contributed by atoms with van der Waals surface area (Å²) in [5.41, 5.74) is 0. The average Bonchev–Trinajstić information content (AvgIpc) is 2.83. The van der Waals surface area contributed by atoms with E-state index >= 15 is 0 Å². The smallest absolute Gasteiger partial charge is 0.407 e. The Kier molecular flexibility index (Phi) is 25.2. The first-order valence-corrected chi connectivity index (χ1v) is 14.3. The van der Waals surface area contributed by atoms with E-state index in [-0.39, 0.29) is 13.2 Å². The van der Waals surface area contributed by atoms with Gasteiger partial charge in [0.15, 0.2) is 0 Å². The molecule has 0 saturated heterocycles. The summed E-state index contributed by atoms with van der Waals surface area (Å²) in [4.78, 5) is 11.9. The summed E-state index contributed by atoms with van der Waals surface area (Å²) >= 11 is 0. The standard InChI is InChI=1S/C28H57NO4/c1-3-5-7-9-11-13-14-16-18-20-22-26(21-19-17-15-12-10-8-6-4-2)25-33-28(32)29-23-27(31)24-30/h26-27,30-31H,3-25H2,1-2H3,(H,29,32). The number of carbonyl (C=O) groups excluding carboxylic acids is 1. The molecule has 3 N–H and O–H groups in total. The third-order valence-electron chi connectivity index (χ3n) is 6.57. The Morgan fingerprint density at radius 2 is 1.09 bits per heavy atom. The Balaban J connectivity index is 4.02. The predicted octanol–water partition coefficient (Wildman–Crippen LogP) is 7.52. The van der Waals surface area contributed by atoms with Gasteiger partial charge in [-0.1, -0.05) is 129 Å². The normalized spacial score (nSPS) is 13.1. The van der Waals surface area contributed by atoms with E-state index in [4.69, 9.17) is 9.84 Å². The number of rotatable bonds is 25. The van der Waals surface area contributed by atoms with Gasteiger partial charge in [-0.2, -0.15) is 0 Å². The van der Waals surface area contributed by atoms with Gasteiger partial charge in [0, 0.05) is 6.54 Å². The molecule has 0 aliphatic heterocycles. The maximum Gasteiger partial charge on any atom is 0.407 e. The molecule has 0 heterocycles. The van der Waals surface area contributed by atoms with E-state index in [1.807, 2.05) is 0 Å². The quantitative estimate of drug-likeness (QED) is 0.120. The van der Waals surface area contributed by atoms with Gasteiger partial charge in [0.2, 0.25) is 0 Å². The minimum absolute atomic E-state index is 0.0243. The highest BCUT2D eigenvalue weighted by Gasteiger charge is 2.13. The van der Waals surface area contributed by atoms with Crippen molar-refractivity contribution in [2.45, 2.75) is 148 Å². The van der Waals surface area contributed by atoms with Gasteiger partial charge in [0.1, 0.15) is 0 Å². The zero-order valence-corrected chi connectivity index (χ0v) is 22.1. The molecule has 0 spiro atoms. The molecule has 1 amide bonds. The third kappa shape index (κ3) is 24.1. The molecule has 0 saturated carbocycles. The Labute approximate surface area is 205 Å². The van der Waals surface area contributed by atoms with E-state index in [2.05, 4.69) is 19.2 Å². The molecule has 0 aliphatic rings. The molecule has 33 heavy (non-hydrogen) atoms. The fourth-order valence-corrected chi connectivity index (χ4v) is 4.31. The van der Waals surface area contributed by atoms with Gasteiger partial charge in [0.05, 0.1) is 19.3 Å². The number of ether oxygens (including phenoxy) is 1. The van der Waals surface area contributed by atoms with Crippen LogP contribution in [0.25, 0.3) is 0 Å². The zero-order chi connectivity index (χ0) is 24.4. The molecule has 0 aromatic heterocycles. The number of carbonyl (C=O) groups is 1. The summed E-state index contributed by atoms with van der Waals surface area (Å²) in [6.07, 6.45) is 24.7. The Morgan fingerprint density at radius 1 is 0.697 bits per heavy atom. The van der Waals surface area contributed by atoms with E-state index in [9.17, 15) is 9.90 Å². The van der Waals surface area contributed by atoms with E-state index in [0.717, 1.165) is 12.8 Å². The van der Waals surface area contributed by atoms with Gasteiger partial charge < -0.3 is 20.3 Å². The first kappa shape index (κ1) is 32.2. The summed E-state index contributed by atoms with van der Waals surface area (Å²) in [5, 5.41) is 20.7. The second-order valence-electron chi connectivity index (χ2n) is 9.92. The van der Waals surface area contributed by atoms with Crippen LogP contribution < -0.4 is 5.32 Å². The molecule has 0 aromatic rings. The fourth-order valence-electron chi connectivity index (χ4n) is 4.31. The number of aliphatic hydroxyl groups is 2. The molecule has 5 nitrogen and oxygen atoms in total. The van der Waals surface area contributed by atoms with Crippen LogP contribution in [-0.4, -0.2) is 42.2 Å². The lowest BCUT2D eigenvalue weighted by atomic mass is 9.94. The SMILES string of the molecule is CCCCCCCCCCCCC(CCCCCCCCCC)COC(=O)NCC(O)CO. The summed E-state index contributed by atoms with van der Waals surface area (Å²) < 4.78 is 5.42. The molecular weight excluding hydrogens is 414 g/mol. The number of alkyl carbamates (subject to hydrolysis) is 1. The van der Waals surface area contributed by atoms with Crippen molar-refractivity contribution in [3.63, 3.8) is 0 Å². The molecule has 0 radical (unpaired) electrons. The zero-order valence-electron chi connectivity index (χ0n) is 22.1. The van der Waals surface area contributed by atoms with E-state index in [1.165, 1.54) is 116 Å². The lowest BCUT2D eigenvalue weighted by molar-refractivity contribution is 0.0843. The average molecular weight is 472 g/mol. The van der Waals surface area contributed by atoms with E-state index in [0.29, 0.717) is 12.5 Å². The van der Waals surface area contributed by atoms with Gasteiger partial charge >= 0.3 is 6.09 Å². The molecule has 0 fully saturated rings. The number of hydrogen-bond acceptors (Lipinski definition) is 4. The summed E-state index contributed by atoms with van der Waals surface area (Å²) in [6.45, 7) is 4.64. The number of unbranched alkanes of at least 4 members (excludes halogenated alkanes) is 16. The summed E-state index contributed by atoms with van der Waals surface area (Å²) in [6, 6.07) is 0. The fraction of sp³-hybridized carbons (Fsp3) is 0.964. The van der Waals surface area contributed by atoms with Gasteiger partial charge in [0.25, 0.3) is 0 Å². The van der Waals surface area contributed by atoms with E-state index < -0.39 is 12.2 Å². The minimum Gasteiger partial charge on any atom is -0.449 e. The lowest BCUT2D eigenvalue weighted by Crippen LogP contribution is -2.35. The van der Waals surface area contributed by atoms with Crippen molar-refractivity contribution in [2.75, 3.05) is 19.8 Å². The van der Waals surface area contributed by atoms with Crippen LogP contribution in [0, 0.1) is 5.92 Å². The van der Waals surface area contributed by atoms with Crippen LogP contribution >= 0.6 is 0 Å². The van der Waals surface area contributed by atoms with Crippen LogP contribution in [0.5, 0.6) is 0 Å². The molecule has 2 unspecified atom stereocenters. The summed E-state index contributed by atoms with van der Waals surface area (Å²) in [5.74, 6) is 0.424. The van der Waals surface area contributed by atoms with Crippen molar-refractivity contribution in [1.82, 2.24) is 5.32 Å². The maximum absolute atomic E-state index is 11.9. The first-order valence-electron chi connectivity index (χ1n) is 14.3. The molecule has 0 bridgehead atoms.